The number of benzene rings is 2. The van der Waals surface area contributed by atoms with E-state index in [1.165, 1.54) is 0 Å². The third kappa shape index (κ3) is 3.20. The number of amides is 1. The third-order valence-corrected chi connectivity index (χ3v) is 2.73. The van der Waals surface area contributed by atoms with Crippen LogP contribution >= 0.6 is 0 Å². The number of hydrogen-bond acceptors (Lipinski definition) is 4. The van der Waals surface area contributed by atoms with E-state index in [1.54, 1.807) is 18.2 Å². The van der Waals surface area contributed by atoms with E-state index in [4.69, 9.17) is 16.2 Å². The van der Waals surface area contributed by atoms with E-state index in [-0.39, 0.29) is 0 Å². The van der Waals surface area contributed by atoms with Gasteiger partial charge in [-0.2, -0.15) is 0 Å². The minimum Gasteiger partial charge on any atom is -0.494 e. The number of primary amides is 1. The SMILES string of the molecule is CCOc1cccc(Nc2cc(N)ccc2C(N)=O)c1. The van der Waals surface area contributed by atoms with Gasteiger partial charge in [0.1, 0.15) is 5.75 Å². The summed E-state index contributed by atoms with van der Waals surface area (Å²) in [5.74, 6) is 0.246. The predicted molar refractivity (Wildman–Crippen MR) is 80.3 cm³/mol. The average Bonchev–Trinajstić information content (AvgIpc) is 2.39. The summed E-state index contributed by atoms with van der Waals surface area (Å²) in [6.45, 7) is 2.51. The van der Waals surface area contributed by atoms with E-state index in [1.807, 2.05) is 31.2 Å². The van der Waals surface area contributed by atoms with Gasteiger partial charge < -0.3 is 21.5 Å². The lowest BCUT2D eigenvalue weighted by Gasteiger charge is -2.12. The maximum Gasteiger partial charge on any atom is 0.250 e. The Morgan fingerprint density at radius 1 is 1.25 bits per heavy atom. The third-order valence-electron chi connectivity index (χ3n) is 2.73. The first-order chi connectivity index (χ1) is 9.60. The Kier molecular flexibility index (Phi) is 4.10. The Bertz CT molecular complexity index is 626. The van der Waals surface area contributed by atoms with Crippen LogP contribution in [0.1, 0.15) is 17.3 Å². The van der Waals surface area contributed by atoms with Gasteiger partial charge in [-0.25, -0.2) is 0 Å². The van der Waals surface area contributed by atoms with E-state index < -0.39 is 5.91 Å². The molecule has 0 atom stereocenters. The summed E-state index contributed by atoms with van der Waals surface area (Å²) in [5, 5.41) is 3.13. The molecule has 1 amide bonds. The molecule has 0 bridgehead atoms. The van der Waals surface area contributed by atoms with Gasteiger partial charge in [0.15, 0.2) is 0 Å². The summed E-state index contributed by atoms with van der Waals surface area (Å²) in [6.07, 6.45) is 0. The zero-order valence-corrected chi connectivity index (χ0v) is 11.2. The normalized spacial score (nSPS) is 10.1. The molecule has 2 aromatic carbocycles. The lowest BCUT2D eigenvalue weighted by Crippen LogP contribution is -2.13. The fourth-order valence-corrected chi connectivity index (χ4v) is 1.87. The van der Waals surface area contributed by atoms with Crippen molar-refractivity contribution in [3.63, 3.8) is 0 Å². The minimum atomic E-state index is -0.506. The van der Waals surface area contributed by atoms with Crippen LogP contribution in [-0.4, -0.2) is 12.5 Å². The van der Waals surface area contributed by atoms with E-state index in [2.05, 4.69) is 5.32 Å². The van der Waals surface area contributed by atoms with Crippen LogP contribution in [0.2, 0.25) is 0 Å². The van der Waals surface area contributed by atoms with Crippen LogP contribution < -0.4 is 21.5 Å². The molecule has 0 aliphatic heterocycles. The Balaban J connectivity index is 2.31. The van der Waals surface area contributed by atoms with Crippen LogP contribution in [0.15, 0.2) is 42.5 Å². The van der Waals surface area contributed by atoms with Crippen molar-refractivity contribution in [2.45, 2.75) is 6.92 Å². The van der Waals surface area contributed by atoms with Crippen LogP contribution in [0, 0.1) is 0 Å². The fraction of sp³-hybridized carbons (Fsp3) is 0.133. The Labute approximate surface area is 117 Å². The van der Waals surface area contributed by atoms with Crippen LogP contribution in [0.25, 0.3) is 0 Å². The maximum atomic E-state index is 11.4. The summed E-state index contributed by atoms with van der Waals surface area (Å²) in [6, 6.07) is 12.4. The van der Waals surface area contributed by atoms with Crippen LogP contribution in [0.4, 0.5) is 17.1 Å². The topological polar surface area (TPSA) is 90.4 Å². The van der Waals surface area contributed by atoms with Gasteiger partial charge in [-0.3, -0.25) is 4.79 Å². The van der Waals surface area contributed by atoms with Crippen molar-refractivity contribution in [2.75, 3.05) is 17.7 Å². The molecular formula is C15H17N3O2. The minimum absolute atomic E-state index is 0.390. The molecule has 0 saturated heterocycles. The van der Waals surface area contributed by atoms with E-state index >= 15 is 0 Å². The van der Waals surface area contributed by atoms with Crippen molar-refractivity contribution >= 4 is 23.0 Å². The van der Waals surface area contributed by atoms with Gasteiger partial charge in [0.2, 0.25) is 0 Å². The molecule has 5 heteroatoms. The monoisotopic (exact) mass is 271 g/mol. The van der Waals surface area contributed by atoms with Gasteiger partial charge in [-0.15, -0.1) is 0 Å². The van der Waals surface area contributed by atoms with Crippen molar-refractivity contribution in [3.8, 4) is 5.75 Å². The van der Waals surface area contributed by atoms with Crippen molar-refractivity contribution in [1.29, 1.82) is 0 Å². The van der Waals surface area contributed by atoms with E-state index in [0.29, 0.717) is 23.5 Å². The molecule has 5 N–H and O–H groups in total. The molecule has 0 unspecified atom stereocenters. The van der Waals surface area contributed by atoms with Crippen molar-refractivity contribution in [3.05, 3.63) is 48.0 Å². The molecule has 0 aliphatic carbocycles. The number of nitrogens with one attached hydrogen (secondary N) is 1. The van der Waals surface area contributed by atoms with Gasteiger partial charge in [0.25, 0.3) is 5.91 Å². The number of carbonyl (C=O) groups is 1. The zero-order valence-electron chi connectivity index (χ0n) is 11.2. The van der Waals surface area contributed by atoms with E-state index in [9.17, 15) is 4.79 Å². The number of nitrogens with two attached hydrogens (primary N) is 2. The molecule has 0 fully saturated rings. The second kappa shape index (κ2) is 5.97. The first-order valence-electron chi connectivity index (χ1n) is 6.29. The maximum absolute atomic E-state index is 11.4. The molecule has 5 nitrogen and oxygen atoms in total. The van der Waals surface area contributed by atoms with Crippen LogP contribution in [0.3, 0.4) is 0 Å². The van der Waals surface area contributed by atoms with Gasteiger partial charge in [0.05, 0.1) is 17.9 Å². The van der Waals surface area contributed by atoms with Gasteiger partial charge in [-0.1, -0.05) is 6.07 Å². The zero-order chi connectivity index (χ0) is 14.5. The smallest absolute Gasteiger partial charge is 0.250 e. The summed E-state index contributed by atoms with van der Waals surface area (Å²) in [5.41, 5.74) is 13.4. The van der Waals surface area contributed by atoms with Crippen molar-refractivity contribution in [2.24, 2.45) is 5.73 Å². The molecule has 2 aromatic rings. The number of anilines is 3. The molecule has 0 spiro atoms. The number of rotatable bonds is 5. The van der Waals surface area contributed by atoms with Gasteiger partial charge >= 0.3 is 0 Å². The molecule has 0 aromatic heterocycles. The molecule has 2 rings (SSSR count). The van der Waals surface area contributed by atoms with Crippen molar-refractivity contribution in [1.82, 2.24) is 0 Å². The van der Waals surface area contributed by atoms with Crippen molar-refractivity contribution < 1.29 is 9.53 Å². The molecule has 104 valence electrons. The fourth-order valence-electron chi connectivity index (χ4n) is 1.87. The molecule has 20 heavy (non-hydrogen) atoms. The number of carbonyl (C=O) groups excluding carboxylic acids is 1. The Morgan fingerprint density at radius 3 is 2.75 bits per heavy atom. The quantitative estimate of drug-likeness (QED) is 0.729. The lowest BCUT2D eigenvalue weighted by atomic mass is 10.1. The first-order valence-corrected chi connectivity index (χ1v) is 6.29. The molecular weight excluding hydrogens is 254 g/mol. The number of ether oxygens (including phenoxy) is 1. The summed E-state index contributed by atoms with van der Waals surface area (Å²) in [4.78, 5) is 11.4. The highest BCUT2D eigenvalue weighted by Gasteiger charge is 2.09. The number of hydrogen-bond donors (Lipinski definition) is 3. The summed E-state index contributed by atoms with van der Waals surface area (Å²) < 4.78 is 5.43. The summed E-state index contributed by atoms with van der Waals surface area (Å²) >= 11 is 0. The first kappa shape index (κ1) is 13.7. The molecule has 0 aliphatic rings. The highest BCUT2D eigenvalue weighted by Crippen LogP contribution is 2.25. The standard InChI is InChI=1S/C15H17N3O2/c1-2-20-12-5-3-4-11(9-12)18-14-8-10(16)6-7-13(14)15(17)19/h3-9,18H,2,16H2,1H3,(H2,17,19). The second-order valence-electron chi connectivity index (χ2n) is 4.26. The highest BCUT2D eigenvalue weighted by atomic mass is 16.5. The van der Waals surface area contributed by atoms with Crippen LogP contribution in [0.5, 0.6) is 5.75 Å². The Morgan fingerprint density at radius 2 is 2.05 bits per heavy atom. The number of nitrogen functional groups attached to an aromatic ring is 1. The predicted octanol–water partition coefficient (Wildman–Crippen LogP) is 2.51. The molecule has 0 heterocycles. The largest absolute Gasteiger partial charge is 0.494 e. The molecule has 0 radical (unpaired) electrons. The van der Waals surface area contributed by atoms with Gasteiger partial charge in [-0.05, 0) is 37.3 Å². The second-order valence-corrected chi connectivity index (χ2v) is 4.26. The Hall–Kier alpha value is -2.69. The van der Waals surface area contributed by atoms with Gasteiger partial charge in [0, 0.05) is 17.4 Å². The van der Waals surface area contributed by atoms with Crippen LogP contribution in [-0.2, 0) is 0 Å². The highest BCUT2D eigenvalue weighted by molar-refractivity contribution is 5.99. The molecule has 0 saturated carbocycles. The lowest BCUT2D eigenvalue weighted by molar-refractivity contribution is 0.100. The van der Waals surface area contributed by atoms with E-state index in [0.717, 1.165) is 11.4 Å². The summed E-state index contributed by atoms with van der Waals surface area (Å²) in [7, 11) is 0. The average molecular weight is 271 g/mol.